The third-order valence-corrected chi connectivity index (χ3v) is 5.93. The second-order valence-corrected chi connectivity index (χ2v) is 7.27. The SMILES string of the molecule is C/C=C\CC(c1ccc2ccccc2c1)P(=O)(OC)OC. The van der Waals surface area contributed by atoms with Gasteiger partial charge in [-0.05, 0) is 29.7 Å². The Morgan fingerprint density at radius 1 is 1.10 bits per heavy atom. The van der Waals surface area contributed by atoms with E-state index in [1.54, 1.807) is 0 Å². The largest absolute Gasteiger partial charge is 0.337 e. The molecule has 0 aromatic heterocycles. The maximum Gasteiger partial charge on any atom is 0.337 e. The molecule has 0 saturated carbocycles. The molecular weight excluding hydrogens is 283 g/mol. The molecule has 112 valence electrons. The minimum Gasteiger partial charge on any atom is -0.312 e. The van der Waals surface area contributed by atoms with Gasteiger partial charge in [0.1, 0.15) is 0 Å². The molecule has 1 atom stereocenters. The van der Waals surface area contributed by atoms with Crippen molar-refractivity contribution in [3.63, 3.8) is 0 Å². The fourth-order valence-corrected chi connectivity index (χ4v) is 4.02. The summed E-state index contributed by atoms with van der Waals surface area (Å²) in [5.74, 6) is 0. The van der Waals surface area contributed by atoms with Gasteiger partial charge in [0.15, 0.2) is 0 Å². The summed E-state index contributed by atoms with van der Waals surface area (Å²) < 4.78 is 23.2. The van der Waals surface area contributed by atoms with E-state index in [1.807, 2.05) is 43.3 Å². The van der Waals surface area contributed by atoms with Crippen molar-refractivity contribution in [2.24, 2.45) is 0 Å². The molecule has 2 rings (SSSR count). The van der Waals surface area contributed by atoms with Crippen LogP contribution < -0.4 is 0 Å². The van der Waals surface area contributed by atoms with Crippen LogP contribution in [0.2, 0.25) is 0 Å². The molecular formula is C17H21O3P. The lowest BCUT2D eigenvalue weighted by molar-refractivity contribution is 0.266. The van der Waals surface area contributed by atoms with Gasteiger partial charge in [-0.25, -0.2) is 0 Å². The van der Waals surface area contributed by atoms with Gasteiger partial charge in [0.25, 0.3) is 0 Å². The van der Waals surface area contributed by atoms with Crippen molar-refractivity contribution in [1.82, 2.24) is 0 Å². The van der Waals surface area contributed by atoms with Gasteiger partial charge in [-0.1, -0.05) is 54.6 Å². The predicted molar refractivity (Wildman–Crippen MR) is 87.7 cm³/mol. The highest BCUT2D eigenvalue weighted by molar-refractivity contribution is 7.54. The highest BCUT2D eigenvalue weighted by Gasteiger charge is 2.34. The number of hydrogen-bond donors (Lipinski definition) is 0. The Morgan fingerprint density at radius 2 is 1.76 bits per heavy atom. The fourth-order valence-electron chi connectivity index (χ4n) is 2.46. The minimum atomic E-state index is -3.17. The number of benzene rings is 2. The second-order valence-electron chi connectivity index (χ2n) is 4.83. The maximum absolute atomic E-state index is 12.8. The third-order valence-electron chi connectivity index (χ3n) is 3.64. The highest BCUT2D eigenvalue weighted by Crippen LogP contribution is 2.61. The van der Waals surface area contributed by atoms with Gasteiger partial charge >= 0.3 is 7.60 Å². The molecule has 0 fully saturated rings. The van der Waals surface area contributed by atoms with Crippen molar-refractivity contribution >= 4 is 18.4 Å². The normalized spacial score (nSPS) is 13.9. The van der Waals surface area contributed by atoms with E-state index >= 15 is 0 Å². The van der Waals surface area contributed by atoms with Gasteiger partial charge in [0.05, 0.1) is 5.66 Å². The molecule has 0 aliphatic carbocycles. The smallest absolute Gasteiger partial charge is 0.312 e. The van der Waals surface area contributed by atoms with Crippen LogP contribution in [0.5, 0.6) is 0 Å². The van der Waals surface area contributed by atoms with Crippen LogP contribution in [0, 0.1) is 0 Å². The van der Waals surface area contributed by atoms with Crippen LogP contribution in [0.15, 0.2) is 54.6 Å². The van der Waals surface area contributed by atoms with Crippen molar-refractivity contribution in [3.05, 3.63) is 60.2 Å². The fraction of sp³-hybridized carbons (Fsp3) is 0.294. The summed E-state index contributed by atoms with van der Waals surface area (Å²) in [7, 11) is -0.295. The van der Waals surface area contributed by atoms with Crippen LogP contribution in [0.3, 0.4) is 0 Å². The molecule has 0 N–H and O–H groups in total. The van der Waals surface area contributed by atoms with Crippen LogP contribution in [0.4, 0.5) is 0 Å². The molecule has 0 saturated heterocycles. The molecule has 3 nitrogen and oxygen atoms in total. The summed E-state index contributed by atoms with van der Waals surface area (Å²) in [6.07, 6.45) is 4.56. The lowest BCUT2D eigenvalue weighted by Gasteiger charge is -2.24. The summed E-state index contributed by atoms with van der Waals surface area (Å²) in [6, 6.07) is 14.2. The Labute approximate surface area is 126 Å². The highest BCUT2D eigenvalue weighted by atomic mass is 31.2. The van der Waals surface area contributed by atoms with Crippen LogP contribution in [0.25, 0.3) is 10.8 Å². The number of fused-ring (bicyclic) bond motifs is 1. The molecule has 4 heteroatoms. The molecule has 2 aromatic rings. The zero-order valence-corrected chi connectivity index (χ0v) is 13.5. The predicted octanol–water partition coefficient (Wildman–Crippen LogP) is 5.33. The molecule has 1 unspecified atom stereocenters. The third kappa shape index (κ3) is 3.44. The van der Waals surface area contributed by atoms with Gasteiger partial charge in [-0.3, -0.25) is 4.57 Å². The van der Waals surface area contributed by atoms with Crippen molar-refractivity contribution in [3.8, 4) is 0 Å². The molecule has 0 aliphatic rings. The average Bonchev–Trinajstić information content (AvgIpc) is 2.54. The first-order valence-corrected chi connectivity index (χ1v) is 8.57. The zero-order chi connectivity index (χ0) is 15.3. The molecule has 21 heavy (non-hydrogen) atoms. The molecule has 0 aliphatic heterocycles. The van der Waals surface area contributed by atoms with E-state index in [0.717, 1.165) is 16.3 Å². The summed E-state index contributed by atoms with van der Waals surface area (Å²) >= 11 is 0. The molecule has 0 bridgehead atoms. The topological polar surface area (TPSA) is 35.5 Å². The van der Waals surface area contributed by atoms with Gasteiger partial charge < -0.3 is 9.05 Å². The Bertz CT molecular complexity index is 671. The quantitative estimate of drug-likeness (QED) is 0.534. The van der Waals surface area contributed by atoms with Gasteiger partial charge in [-0.15, -0.1) is 0 Å². The molecule has 0 amide bonds. The number of allylic oxidation sites excluding steroid dienone is 2. The van der Waals surface area contributed by atoms with Crippen molar-refractivity contribution < 1.29 is 13.6 Å². The maximum atomic E-state index is 12.8. The Balaban J connectivity index is 2.49. The summed E-state index contributed by atoms with van der Waals surface area (Å²) in [5.41, 5.74) is 0.673. The van der Waals surface area contributed by atoms with E-state index in [-0.39, 0.29) is 5.66 Å². The van der Waals surface area contributed by atoms with E-state index in [2.05, 4.69) is 18.2 Å². The monoisotopic (exact) mass is 304 g/mol. The van der Waals surface area contributed by atoms with E-state index < -0.39 is 7.60 Å². The Hall–Kier alpha value is -1.41. The summed E-state index contributed by atoms with van der Waals surface area (Å²) in [4.78, 5) is 0. The van der Waals surface area contributed by atoms with E-state index in [9.17, 15) is 4.57 Å². The van der Waals surface area contributed by atoms with Crippen molar-refractivity contribution in [2.75, 3.05) is 14.2 Å². The van der Waals surface area contributed by atoms with E-state index in [4.69, 9.17) is 9.05 Å². The van der Waals surface area contributed by atoms with Crippen LogP contribution in [-0.2, 0) is 13.6 Å². The number of hydrogen-bond acceptors (Lipinski definition) is 3. The standard InChI is InChI=1S/C17H21O3P/c1-4-5-10-17(21(18,19-2)20-3)16-12-11-14-8-6-7-9-15(14)13-16/h4-9,11-13,17H,10H2,1-3H3/b5-4-. The van der Waals surface area contributed by atoms with E-state index in [0.29, 0.717) is 6.42 Å². The van der Waals surface area contributed by atoms with E-state index in [1.165, 1.54) is 14.2 Å². The van der Waals surface area contributed by atoms with Crippen LogP contribution in [0.1, 0.15) is 24.6 Å². The zero-order valence-electron chi connectivity index (χ0n) is 12.7. The van der Waals surface area contributed by atoms with Crippen molar-refractivity contribution in [2.45, 2.75) is 19.0 Å². The van der Waals surface area contributed by atoms with Gasteiger partial charge in [0, 0.05) is 14.2 Å². The Morgan fingerprint density at radius 3 is 2.38 bits per heavy atom. The molecule has 0 heterocycles. The first kappa shape index (κ1) is 16.0. The first-order chi connectivity index (χ1) is 10.1. The minimum absolute atomic E-state index is 0.298. The average molecular weight is 304 g/mol. The van der Waals surface area contributed by atoms with Crippen LogP contribution >= 0.6 is 7.60 Å². The van der Waals surface area contributed by atoms with Gasteiger partial charge in [0.2, 0.25) is 0 Å². The summed E-state index contributed by atoms with van der Waals surface area (Å²) in [5, 5.41) is 2.29. The number of rotatable bonds is 6. The molecule has 0 radical (unpaired) electrons. The van der Waals surface area contributed by atoms with Gasteiger partial charge in [-0.2, -0.15) is 0 Å². The van der Waals surface area contributed by atoms with Crippen molar-refractivity contribution in [1.29, 1.82) is 0 Å². The molecule has 2 aromatic carbocycles. The lowest BCUT2D eigenvalue weighted by atomic mass is 10.0. The lowest BCUT2D eigenvalue weighted by Crippen LogP contribution is -2.03. The Kier molecular flexibility index (Phi) is 5.35. The van der Waals surface area contributed by atoms with Crippen LogP contribution in [-0.4, -0.2) is 14.2 Å². The summed E-state index contributed by atoms with van der Waals surface area (Å²) in [6.45, 7) is 1.95. The first-order valence-electron chi connectivity index (χ1n) is 6.95. The second kappa shape index (κ2) is 7.04. The molecule has 0 spiro atoms.